The van der Waals surface area contributed by atoms with E-state index in [1.54, 1.807) is 0 Å². The Kier molecular flexibility index (Phi) is 7.47. The van der Waals surface area contributed by atoms with Gasteiger partial charge in [-0.1, -0.05) is 94.1 Å². The quantitative estimate of drug-likeness (QED) is 0.294. The van der Waals surface area contributed by atoms with Crippen LogP contribution in [0.2, 0.25) is 0 Å². The number of fused-ring (bicyclic) bond motifs is 7. The first-order chi connectivity index (χ1) is 21.1. The Morgan fingerprint density at radius 1 is 0.955 bits per heavy atom. The molecular formula is C39H40N2OS2. The van der Waals surface area contributed by atoms with Crippen LogP contribution in [0.1, 0.15) is 68.9 Å². The highest BCUT2D eigenvalue weighted by atomic mass is 32.2. The van der Waals surface area contributed by atoms with Crippen LogP contribution in [0.3, 0.4) is 0 Å². The molecule has 224 valence electrons. The molecule has 44 heavy (non-hydrogen) atoms. The molecule has 1 N–H and O–H groups in total. The van der Waals surface area contributed by atoms with Crippen LogP contribution >= 0.6 is 23.8 Å². The van der Waals surface area contributed by atoms with Crippen LogP contribution in [-0.4, -0.2) is 17.5 Å². The number of thioether (sulfide) groups is 1. The van der Waals surface area contributed by atoms with Crippen LogP contribution < -0.4 is 10.2 Å². The number of benzene rings is 3. The highest BCUT2D eigenvalue weighted by Crippen LogP contribution is 2.52. The van der Waals surface area contributed by atoms with Gasteiger partial charge in [0.2, 0.25) is 0 Å². The summed E-state index contributed by atoms with van der Waals surface area (Å²) in [7, 11) is 0. The van der Waals surface area contributed by atoms with Crippen LogP contribution in [0.4, 0.5) is 11.4 Å². The molecule has 0 bridgehead atoms. The molecule has 0 saturated heterocycles. The zero-order valence-corrected chi connectivity index (χ0v) is 27.9. The molecule has 3 aromatic carbocycles. The summed E-state index contributed by atoms with van der Waals surface area (Å²) < 4.78 is 6.34. The summed E-state index contributed by atoms with van der Waals surface area (Å²) in [6, 6.07) is 22.1. The third-order valence-corrected chi connectivity index (χ3v) is 11.7. The molecule has 1 unspecified atom stereocenters. The Bertz CT molecular complexity index is 1770. The molecule has 0 saturated carbocycles. The third kappa shape index (κ3) is 5.09. The lowest BCUT2D eigenvalue weighted by Crippen LogP contribution is -2.38. The highest BCUT2D eigenvalue weighted by Gasteiger charge is 2.41. The van der Waals surface area contributed by atoms with E-state index in [1.165, 1.54) is 67.4 Å². The van der Waals surface area contributed by atoms with Gasteiger partial charge in [0, 0.05) is 33.2 Å². The molecule has 0 spiro atoms. The van der Waals surface area contributed by atoms with Crippen molar-refractivity contribution in [1.82, 2.24) is 0 Å². The molecule has 3 aliphatic heterocycles. The summed E-state index contributed by atoms with van der Waals surface area (Å²) in [6.07, 6.45) is 13.7. The molecule has 4 aliphatic rings. The second kappa shape index (κ2) is 11.2. The van der Waals surface area contributed by atoms with Crippen molar-refractivity contribution in [3.8, 4) is 0 Å². The van der Waals surface area contributed by atoms with Gasteiger partial charge in [0.05, 0.1) is 22.7 Å². The smallest absolute Gasteiger partial charge is 0.137 e. The molecule has 0 fully saturated rings. The number of hydrogen-bond donors (Lipinski definition) is 1. The van der Waals surface area contributed by atoms with Gasteiger partial charge >= 0.3 is 0 Å². The van der Waals surface area contributed by atoms with Crippen molar-refractivity contribution >= 4 is 58.6 Å². The summed E-state index contributed by atoms with van der Waals surface area (Å²) in [4.78, 5) is 4.92. The predicted octanol–water partition coefficient (Wildman–Crippen LogP) is 10.8. The predicted molar refractivity (Wildman–Crippen MR) is 193 cm³/mol. The first-order valence-electron chi connectivity index (χ1n) is 15.5. The zero-order chi connectivity index (χ0) is 30.6. The fraction of sp³-hybridized carbons (Fsp3) is 0.282. The number of anilines is 2. The number of rotatable bonds is 4. The Morgan fingerprint density at radius 2 is 1.75 bits per heavy atom. The lowest BCUT2D eigenvalue weighted by atomic mass is 9.79. The maximum Gasteiger partial charge on any atom is 0.137 e. The number of aryl methyl sites for hydroxylation is 1. The van der Waals surface area contributed by atoms with Gasteiger partial charge < -0.3 is 14.4 Å². The van der Waals surface area contributed by atoms with Gasteiger partial charge in [-0.3, -0.25) is 0 Å². The van der Waals surface area contributed by atoms with Crippen LogP contribution in [0.25, 0.3) is 23.4 Å². The molecule has 0 amide bonds. The van der Waals surface area contributed by atoms with Crippen molar-refractivity contribution < 1.29 is 4.18 Å². The lowest BCUT2D eigenvalue weighted by molar-refractivity contribution is 0.0195. The monoisotopic (exact) mass is 616 g/mol. The minimum absolute atomic E-state index is 0.00721. The van der Waals surface area contributed by atoms with E-state index in [4.69, 9.17) is 10.8 Å². The van der Waals surface area contributed by atoms with Crippen molar-refractivity contribution in [1.29, 1.82) is 0 Å². The van der Waals surface area contributed by atoms with Crippen molar-refractivity contribution in [3.05, 3.63) is 124 Å². The van der Waals surface area contributed by atoms with Crippen LogP contribution in [0.5, 0.6) is 0 Å². The van der Waals surface area contributed by atoms with Gasteiger partial charge in [-0.05, 0) is 89.8 Å². The van der Waals surface area contributed by atoms with Gasteiger partial charge in [-0.15, -0.1) is 11.8 Å². The number of nitrogens with zero attached hydrogens (tertiary/aromatic N) is 1. The summed E-state index contributed by atoms with van der Waals surface area (Å²) in [6.45, 7) is 15.7. The summed E-state index contributed by atoms with van der Waals surface area (Å²) in [5, 5.41) is 4.00. The normalized spacial score (nSPS) is 19.8. The Morgan fingerprint density at radius 3 is 2.55 bits per heavy atom. The van der Waals surface area contributed by atoms with E-state index in [1.807, 2.05) is 11.8 Å². The summed E-state index contributed by atoms with van der Waals surface area (Å²) >= 11 is 3.37. The van der Waals surface area contributed by atoms with Gasteiger partial charge in [0.15, 0.2) is 0 Å². The van der Waals surface area contributed by atoms with Crippen molar-refractivity contribution in [2.75, 3.05) is 16.0 Å². The van der Waals surface area contributed by atoms with Gasteiger partial charge in [-0.2, -0.15) is 0 Å². The maximum absolute atomic E-state index is 6.34. The molecule has 7 rings (SSSR count). The second-order valence-electron chi connectivity index (χ2n) is 13.4. The minimum atomic E-state index is -0.267. The van der Waals surface area contributed by atoms with Gasteiger partial charge in [-0.25, -0.2) is 0 Å². The summed E-state index contributed by atoms with van der Waals surface area (Å²) in [5.74, 6) is 0.904. The molecular weight excluding hydrogens is 577 g/mol. The first-order valence-corrected chi connectivity index (χ1v) is 17.2. The van der Waals surface area contributed by atoms with E-state index in [0.29, 0.717) is 0 Å². The second-order valence-corrected chi connectivity index (χ2v) is 15.3. The number of allylic oxidation sites excluding steroid dienone is 4. The fourth-order valence-electron chi connectivity index (χ4n) is 6.02. The average Bonchev–Trinajstić information content (AvgIpc) is 3.44. The van der Waals surface area contributed by atoms with Crippen molar-refractivity contribution in [3.63, 3.8) is 0 Å². The maximum atomic E-state index is 6.34. The molecule has 3 heterocycles. The molecule has 1 atom stereocenters. The van der Waals surface area contributed by atoms with Crippen molar-refractivity contribution in [2.45, 2.75) is 64.1 Å². The van der Waals surface area contributed by atoms with Crippen molar-refractivity contribution in [2.24, 2.45) is 5.41 Å². The van der Waals surface area contributed by atoms with E-state index in [2.05, 4.69) is 136 Å². The SMILES string of the molecule is C=C1C2=C(SC/C=C\c3ccccc31)C1Nc3c(ccc4c3C=CCC4)N1C(c1ccc(SOC(C)(C)C(C)(C)C)cc1)=C2. The van der Waals surface area contributed by atoms with Crippen LogP contribution in [0.15, 0.2) is 101 Å². The average molecular weight is 617 g/mol. The van der Waals surface area contributed by atoms with Gasteiger partial charge in [0.1, 0.15) is 6.17 Å². The third-order valence-electron chi connectivity index (χ3n) is 9.58. The molecule has 1 aliphatic carbocycles. The standard InChI is InChI=1S/C39H40N2OS2/c1-25-30-15-9-7-12-26(30)14-11-23-43-36-32(25)24-34(28-17-20-29(21-18-28)44-42-39(5,6)38(2,3)4)41-33-22-19-27-13-8-10-16-31(27)35(33)40-37(36)41/h7,9-12,14-22,24,37,40H,1,8,13,23H2,2-6H3/b14-11-. The lowest BCUT2D eigenvalue weighted by Gasteiger charge is -2.37. The molecule has 3 nitrogen and oxygen atoms in total. The van der Waals surface area contributed by atoms with Gasteiger partial charge in [0.25, 0.3) is 0 Å². The Hall–Kier alpha value is -3.38. The van der Waals surface area contributed by atoms with E-state index < -0.39 is 0 Å². The number of nitrogens with one attached hydrogen (secondary N) is 1. The van der Waals surface area contributed by atoms with Crippen LogP contribution in [0, 0.1) is 5.41 Å². The van der Waals surface area contributed by atoms with E-state index in [9.17, 15) is 0 Å². The van der Waals surface area contributed by atoms with E-state index >= 15 is 0 Å². The van der Waals surface area contributed by atoms with E-state index in [-0.39, 0.29) is 17.2 Å². The molecule has 0 radical (unpaired) electrons. The minimum Gasteiger partial charge on any atom is -0.359 e. The highest BCUT2D eigenvalue weighted by molar-refractivity contribution is 8.03. The first kappa shape index (κ1) is 29.3. The van der Waals surface area contributed by atoms with E-state index in [0.717, 1.165) is 29.1 Å². The fourth-order valence-corrected chi connectivity index (χ4v) is 7.85. The Labute approximate surface area is 271 Å². The molecule has 5 heteroatoms. The number of hydrogen-bond acceptors (Lipinski definition) is 5. The molecule has 3 aromatic rings. The Balaban J connectivity index is 1.33. The summed E-state index contributed by atoms with van der Waals surface area (Å²) in [5.41, 5.74) is 12.0. The van der Waals surface area contributed by atoms with Crippen LogP contribution in [-0.2, 0) is 10.6 Å². The zero-order valence-electron chi connectivity index (χ0n) is 26.2. The molecule has 0 aromatic heterocycles. The largest absolute Gasteiger partial charge is 0.359 e. The topological polar surface area (TPSA) is 24.5 Å².